The second-order valence-corrected chi connectivity index (χ2v) is 7.98. The van der Waals surface area contributed by atoms with E-state index < -0.39 is 0 Å². The van der Waals surface area contributed by atoms with Crippen molar-refractivity contribution in [3.8, 4) is 0 Å². The molecular formula is C28H42ClN3O2. The molecule has 2 amide bonds. The van der Waals surface area contributed by atoms with Gasteiger partial charge < -0.3 is 20.7 Å². The van der Waals surface area contributed by atoms with Crippen molar-refractivity contribution in [2.24, 2.45) is 0 Å². The van der Waals surface area contributed by atoms with Crippen molar-refractivity contribution < 1.29 is 9.53 Å². The zero-order chi connectivity index (χ0) is 25.3. The Labute approximate surface area is 211 Å². The number of amides is 2. The Balaban J connectivity index is 0.00000137. The maximum atomic E-state index is 12.2. The summed E-state index contributed by atoms with van der Waals surface area (Å²) in [5.74, 6) is 1.01. The van der Waals surface area contributed by atoms with Gasteiger partial charge in [0.1, 0.15) is 5.76 Å². The van der Waals surface area contributed by atoms with Crippen LogP contribution in [0.1, 0.15) is 72.8 Å². The zero-order valence-corrected chi connectivity index (χ0v) is 22.4. The van der Waals surface area contributed by atoms with Crippen LogP contribution in [0, 0.1) is 0 Å². The van der Waals surface area contributed by atoms with E-state index in [9.17, 15) is 4.79 Å². The third kappa shape index (κ3) is 11.0. The Hall–Kier alpha value is -2.66. The lowest BCUT2D eigenvalue weighted by Crippen LogP contribution is -2.34. The van der Waals surface area contributed by atoms with Gasteiger partial charge in [-0.1, -0.05) is 63.6 Å². The summed E-state index contributed by atoms with van der Waals surface area (Å²) in [5, 5.41) is 10.0. The number of carbonyl (C=O) groups is 1. The number of rotatable bonds is 9. The molecule has 0 spiro atoms. The van der Waals surface area contributed by atoms with E-state index in [-0.39, 0.29) is 12.1 Å². The number of ether oxygens (including phenoxy) is 1. The second-order valence-electron chi connectivity index (χ2n) is 7.55. The first-order valence-corrected chi connectivity index (χ1v) is 12.9. The average Bonchev–Trinajstić information content (AvgIpc) is 3.57. The molecule has 1 aliphatic heterocycles. The number of hydrogen-bond donors (Lipinski definition) is 3. The molecule has 3 N–H and O–H groups in total. The predicted molar refractivity (Wildman–Crippen MR) is 145 cm³/mol. The zero-order valence-electron chi connectivity index (χ0n) is 21.6. The third-order valence-corrected chi connectivity index (χ3v) is 5.17. The van der Waals surface area contributed by atoms with Crippen LogP contribution in [0.25, 0.3) is 0 Å². The van der Waals surface area contributed by atoms with Crippen LogP contribution in [0.4, 0.5) is 4.79 Å². The summed E-state index contributed by atoms with van der Waals surface area (Å²) >= 11 is 5.88. The molecule has 0 saturated heterocycles. The molecule has 1 aromatic carbocycles. The summed E-state index contributed by atoms with van der Waals surface area (Å²) in [6, 6.07) is 7.44. The minimum atomic E-state index is -0.236. The van der Waals surface area contributed by atoms with E-state index in [1.807, 2.05) is 71.0 Å². The fourth-order valence-corrected chi connectivity index (χ4v) is 3.25. The van der Waals surface area contributed by atoms with E-state index in [2.05, 4.69) is 35.0 Å². The molecule has 0 bridgehead atoms. The summed E-state index contributed by atoms with van der Waals surface area (Å²) in [7, 11) is 0. The topological polar surface area (TPSA) is 62.4 Å². The van der Waals surface area contributed by atoms with Gasteiger partial charge in [0, 0.05) is 29.7 Å². The Kier molecular flexibility index (Phi) is 14.6. The predicted octanol–water partition coefficient (Wildman–Crippen LogP) is 7.37. The van der Waals surface area contributed by atoms with E-state index in [0.29, 0.717) is 11.6 Å². The third-order valence-electron chi connectivity index (χ3n) is 4.92. The van der Waals surface area contributed by atoms with Gasteiger partial charge in [-0.15, -0.1) is 0 Å². The molecule has 188 valence electrons. The molecule has 1 atom stereocenters. The molecule has 0 radical (unpaired) electrons. The molecule has 34 heavy (non-hydrogen) atoms. The Morgan fingerprint density at radius 1 is 1.15 bits per heavy atom. The number of hydrogen-bond acceptors (Lipinski definition) is 3. The van der Waals surface area contributed by atoms with Crippen molar-refractivity contribution in [2.45, 2.75) is 79.8 Å². The van der Waals surface area contributed by atoms with Gasteiger partial charge in [-0.2, -0.15) is 0 Å². The minimum absolute atomic E-state index is 0.236. The summed E-state index contributed by atoms with van der Waals surface area (Å²) in [5.41, 5.74) is 4.39. The molecule has 2 aliphatic rings. The van der Waals surface area contributed by atoms with Crippen LogP contribution in [-0.4, -0.2) is 18.7 Å². The summed E-state index contributed by atoms with van der Waals surface area (Å²) < 4.78 is 5.73. The first-order valence-electron chi connectivity index (χ1n) is 12.5. The first-order chi connectivity index (χ1) is 16.5. The summed E-state index contributed by atoms with van der Waals surface area (Å²) in [6.07, 6.45) is 12.2. The van der Waals surface area contributed by atoms with E-state index in [1.165, 1.54) is 11.3 Å². The van der Waals surface area contributed by atoms with Crippen molar-refractivity contribution in [3.63, 3.8) is 0 Å². The van der Waals surface area contributed by atoms with Gasteiger partial charge in [-0.25, -0.2) is 4.79 Å². The smallest absolute Gasteiger partial charge is 0.319 e. The van der Waals surface area contributed by atoms with Gasteiger partial charge in [0.25, 0.3) is 0 Å². The molecule has 1 aromatic rings. The van der Waals surface area contributed by atoms with Crippen LogP contribution < -0.4 is 16.0 Å². The summed E-state index contributed by atoms with van der Waals surface area (Å²) in [6.45, 7) is 13.3. The van der Waals surface area contributed by atoms with Gasteiger partial charge in [-0.05, 0) is 68.5 Å². The number of urea groups is 1. The van der Waals surface area contributed by atoms with Crippen molar-refractivity contribution in [1.29, 1.82) is 0 Å². The molecule has 1 aliphatic carbocycles. The Bertz CT molecular complexity index is 864. The second kappa shape index (κ2) is 16.9. The van der Waals surface area contributed by atoms with Crippen molar-refractivity contribution in [1.82, 2.24) is 16.0 Å². The Morgan fingerprint density at radius 2 is 1.82 bits per heavy atom. The number of allylic oxidation sites excluding steroid dienone is 3. The average molecular weight is 488 g/mol. The lowest BCUT2D eigenvalue weighted by molar-refractivity contribution is 0.243. The maximum absolute atomic E-state index is 12.2. The van der Waals surface area contributed by atoms with Gasteiger partial charge in [0.05, 0.1) is 12.3 Å². The van der Waals surface area contributed by atoms with E-state index in [0.717, 1.165) is 49.3 Å². The number of halogens is 1. The molecule has 1 heterocycles. The SMILES string of the molecule is C/C=C(\C=C/C[C@H](C)NC(C1=CCCO1)=C1CC1)NC(=O)NCc1ccc(Cl)cc1.CC.CC. The molecule has 0 unspecified atom stereocenters. The van der Waals surface area contributed by atoms with Crippen molar-refractivity contribution in [2.75, 3.05) is 6.61 Å². The molecular weight excluding hydrogens is 446 g/mol. The Morgan fingerprint density at radius 3 is 2.38 bits per heavy atom. The number of benzene rings is 1. The van der Waals surface area contributed by atoms with Crippen LogP contribution in [0.15, 0.2) is 71.3 Å². The van der Waals surface area contributed by atoms with Crippen LogP contribution in [0.3, 0.4) is 0 Å². The minimum Gasteiger partial charge on any atom is -0.491 e. The molecule has 1 fully saturated rings. The normalized spacial score (nSPS) is 15.1. The number of nitrogens with one attached hydrogen (secondary N) is 3. The van der Waals surface area contributed by atoms with Crippen LogP contribution in [0.5, 0.6) is 0 Å². The first kappa shape index (κ1) is 29.4. The quantitative estimate of drug-likeness (QED) is 0.318. The fraction of sp³-hybridized carbons (Fsp3) is 0.464. The monoisotopic (exact) mass is 487 g/mol. The highest BCUT2D eigenvalue weighted by Crippen LogP contribution is 2.35. The highest BCUT2D eigenvalue weighted by Gasteiger charge is 2.23. The highest BCUT2D eigenvalue weighted by molar-refractivity contribution is 6.30. The lowest BCUT2D eigenvalue weighted by Gasteiger charge is -2.17. The fourth-order valence-electron chi connectivity index (χ4n) is 3.13. The van der Waals surface area contributed by atoms with Crippen molar-refractivity contribution >= 4 is 17.6 Å². The van der Waals surface area contributed by atoms with Crippen LogP contribution in [0.2, 0.25) is 5.02 Å². The van der Waals surface area contributed by atoms with Crippen LogP contribution in [-0.2, 0) is 11.3 Å². The summed E-state index contributed by atoms with van der Waals surface area (Å²) in [4.78, 5) is 12.2. The van der Waals surface area contributed by atoms with Gasteiger partial charge in [-0.3, -0.25) is 0 Å². The van der Waals surface area contributed by atoms with E-state index in [1.54, 1.807) is 0 Å². The highest BCUT2D eigenvalue weighted by atomic mass is 35.5. The van der Waals surface area contributed by atoms with Gasteiger partial charge >= 0.3 is 6.03 Å². The van der Waals surface area contributed by atoms with E-state index in [4.69, 9.17) is 16.3 Å². The molecule has 3 rings (SSSR count). The molecule has 0 aromatic heterocycles. The van der Waals surface area contributed by atoms with Crippen LogP contribution >= 0.6 is 11.6 Å². The van der Waals surface area contributed by atoms with Gasteiger partial charge in [0.2, 0.25) is 0 Å². The van der Waals surface area contributed by atoms with Crippen molar-refractivity contribution in [3.05, 3.63) is 81.9 Å². The molecule has 6 heteroatoms. The number of carbonyl (C=O) groups excluding carboxylic acids is 1. The maximum Gasteiger partial charge on any atom is 0.319 e. The molecule has 5 nitrogen and oxygen atoms in total. The van der Waals surface area contributed by atoms with E-state index >= 15 is 0 Å². The largest absolute Gasteiger partial charge is 0.491 e. The van der Waals surface area contributed by atoms with Gasteiger partial charge in [0.15, 0.2) is 0 Å². The standard InChI is InChI=1S/C24H30ClN3O2.2C2H6/c1-3-21(28-24(29)26-16-18-9-13-20(25)14-10-18)7-4-6-17(2)27-23(19-11-12-19)22-8-5-15-30-22;2*1-2/h3-4,7-10,13-14,17,27H,5-6,11-12,15-16H2,1-2H3,(H2,26,28,29);2*1-2H3/b7-4-,21-3+;;/t17-;;/m0../s1. The molecule has 1 saturated carbocycles. The lowest BCUT2D eigenvalue weighted by atomic mass is 10.2.